The number of anilines is 1. The molecule has 22 heavy (non-hydrogen) atoms. The topological polar surface area (TPSA) is 47.0 Å². The molecule has 2 aromatic heterocycles. The zero-order valence-corrected chi connectivity index (χ0v) is 12.4. The average molecular weight is 332 g/mol. The summed E-state index contributed by atoms with van der Waals surface area (Å²) in [5, 5.41) is 2.85. The van der Waals surface area contributed by atoms with E-state index in [0.29, 0.717) is 18.6 Å². The molecule has 0 aliphatic carbocycles. The van der Waals surface area contributed by atoms with Crippen molar-refractivity contribution in [3.8, 4) is 5.88 Å². The number of pyridine rings is 2. The molecule has 0 fully saturated rings. The standard InChI is InChI=1S/C14H13ClF3N3O/c1-9-3-2-4-12(21-9)19-5-6-22-13-11(15)7-10(8-20-13)14(16,17)18/h2-4,7-8H,5-6H2,1H3,(H,19,21). The molecular formula is C14H13ClF3N3O. The molecule has 1 N–H and O–H groups in total. The number of rotatable bonds is 5. The molecule has 8 heteroatoms. The van der Waals surface area contributed by atoms with E-state index < -0.39 is 11.7 Å². The SMILES string of the molecule is Cc1cccc(NCCOc2ncc(C(F)(F)F)cc2Cl)n1. The molecule has 0 saturated heterocycles. The smallest absolute Gasteiger partial charge is 0.417 e. The fourth-order valence-corrected chi connectivity index (χ4v) is 1.88. The van der Waals surface area contributed by atoms with E-state index >= 15 is 0 Å². The van der Waals surface area contributed by atoms with Gasteiger partial charge in [0.25, 0.3) is 0 Å². The van der Waals surface area contributed by atoms with Gasteiger partial charge in [-0.25, -0.2) is 9.97 Å². The number of aryl methyl sites for hydroxylation is 1. The lowest BCUT2D eigenvalue weighted by molar-refractivity contribution is -0.137. The normalized spacial score (nSPS) is 11.3. The Labute approximate surface area is 130 Å². The third-order valence-corrected chi connectivity index (χ3v) is 2.94. The van der Waals surface area contributed by atoms with Crippen LogP contribution in [0.4, 0.5) is 19.0 Å². The van der Waals surface area contributed by atoms with Gasteiger partial charge in [0.2, 0.25) is 5.88 Å². The van der Waals surface area contributed by atoms with Crippen molar-refractivity contribution < 1.29 is 17.9 Å². The van der Waals surface area contributed by atoms with Crippen molar-refractivity contribution in [1.82, 2.24) is 9.97 Å². The molecule has 2 aromatic rings. The minimum absolute atomic E-state index is 0.0336. The van der Waals surface area contributed by atoms with Crippen molar-refractivity contribution in [3.63, 3.8) is 0 Å². The first-order valence-corrected chi connectivity index (χ1v) is 6.77. The summed E-state index contributed by atoms with van der Waals surface area (Å²) in [6.45, 7) is 2.47. The maximum atomic E-state index is 12.5. The molecule has 2 heterocycles. The van der Waals surface area contributed by atoms with Gasteiger partial charge in [-0.15, -0.1) is 0 Å². The molecule has 2 rings (SSSR count). The second-order valence-electron chi connectivity index (χ2n) is 4.45. The van der Waals surface area contributed by atoms with Crippen LogP contribution in [-0.4, -0.2) is 23.1 Å². The zero-order chi connectivity index (χ0) is 16.2. The van der Waals surface area contributed by atoms with Crippen LogP contribution in [0.2, 0.25) is 5.02 Å². The maximum Gasteiger partial charge on any atom is 0.417 e. The van der Waals surface area contributed by atoms with Gasteiger partial charge in [0.1, 0.15) is 17.4 Å². The highest BCUT2D eigenvalue weighted by molar-refractivity contribution is 6.31. The van der Waals surface area contributed by atoms with Gasteiger partial charge in [0.05, 0.1) is 12.1 Å². The van der Waals surface area contributed by atoms with Gasteiger partial charge in [0.15, 0.2) is 0 Å². The number of aromatic nitrogens is 2. The Bertz CT molecular complexity index is 649. The third-order valence-electron chi connectivity index (χ3n) is 2.67. The fraction of sp³-hybridized carbons (Fsp3) is 0.286. The first kappa shape index (κ1) is 16.4. The van der Waals surface area contributed by atoms with Crippen LogP contribution in [0, 0.1) is 6.92 Å². The van der Waals surface area contributed by atoms with Crippen molar-refractivity contribution in [3.05, 3.63) is 46.7 Å². The summed E-state index contributed by atoms with van der Waals surface area (Å²) in [4.78, 5) is 7.83. The summed E-state index contributed by atoms with van der Waals surface area (Å²) in [7, 11) is 0. The second-order valence-corrected chi connectivity index (χ2v) is 4.86. The van der Waals surface area contributed by atoms with Gasteiger partial charge < -0.3 is 10.1 Å². The van der Waals surface area contributed by atoms with Crippen LogP contribution in [0.15, 0.2) is 30.5 Å². The number of hydrogen-bond acceptors (Lipinski definition) is 4. The Morgan fingerprint density at radius 2 is 2.09 bits per heavy atom. The Morgan fingerprint density at radius 1 is 1.32 bits per heavy atom. The molecule has 0 unspecified atom stereocenters. The Kier molecular flexibility index (Phi) is 5.07. The summed E-state index contributed by atoms with van der Waals surface area (Å²) < 4.78 is 42.7. The quantitative estimate of drug-likeness (QED) is 0.843. The summed E-state index contributed by atoms with van der Waals surface area (Å²) in [5.74, 6) is 0.656. The maximum absolute atomic E-state index is 12.5. The van der Waals surface area contributed by atoms with E-state index in [2.05, 4.69) is 15.3 Å². The van der Waals surface area contributed by atoms with Gasteiger partial charge >= 0.3 is 6.18 Å². The molecule has 0 aromatic carbocycles. The summed E-state index contributed by atoms with van der Waals surface area (Å²) >= 11 is 5.73. The van der Waals surface area contributed by atoms with Crippen molar-refractivity contribution in [1.29, 1.82) is 0 Å². The van der Waals surface area contributed by atoms with E-state index in [1.807, 2.05) is 19.1 Å². The molecule has 0 bridgehead atoms. The predicted molar refractivity (Wildman–Crippen MR) is 77.2 cm³/mol. The number of ether oxygens (including phenoxy) is 1. The van der Waals surface area contributed by atoms with Crippen molar-refractivity contribution in [2.75, 3.05) is 18.5 Å². The highest BCUT2D eigenvalue weighted by Gasteiger charge is 2.31. The van der Waals surface area contributed by atoms with Crippen LogP contribution in [0.3, 0.4) is 0 Å². The number of halogens is 4. The lowest BCUT2D eigenvalue weighted by Gasteiger charge is -2.11. The van der Waals surface area contributed by atoms with Gasteiger partial charge in [-0.2, -0.15) is 13.2 Å². The number of hydrogen-bond donors (Lipinski definition) is 1. The molecular weight excluding hydrogens is 319 g/mol. The van der Waals surface area contributed by atoms with Gasteiger partial charge in [-0.3, -0.25) is 0 Å². The van der Waals surface area contributed by atoms with Crippen LogP contribution in [0.5, 0.6) is 5.88 Å². The summed E-state index contributed by atoms with van der Waals surface area (Å²) in [6.07, 6.45) is -3.79. The highest BCUT2D eigenvalue weighted by atomic mass is 35.5. The van der Waals surface area contributed by atoms with E-state index in [1.165, 1.54) is 0 Å². The third kappa shape index (κ3) is 4.49. The largest absolute Gasteiger partial charge is 0.475 e. The van der Waals surface area contributed by atoms with Crippen molar-refractivity contribution >= 4 is 17.4 Å². The van der Waals surface area contributed by atoms with Gasteiger partial charge in [0, 0.05) is 11.9 Å². The van der Waals surface area contributed by atoms with Crippen LogP contribution in [0.1, 0.15) is 11.3 Å². The van der Waals surface area contributed by atoms with E-state index in [-0.39, 0.29) is 17.5 Å². The lowest BCUT2D eigenvalue weighted by Crippen LogP contribution is -2.13. The Morgan fingerprint density at radius 3 is 2.73 bits per heavy atom. The van der Waals surface area contributed by atoms with Crippen LogP contribution in [-0.2, 0) is 6.18 Å². The van der Waals surface area contributed by atoms with E-state index in [4.69, 9.17) is 16.3 Å². The molecule has 118 valence electrons. The molecule has 0 atom stereocenters. The van der Waals surface area contributed by atoms with Crippen LogP contribution >= 0.6 is 11.6 Å². The molecule has 0 aliphatic heterocycles. The van der Waals surface area contributed by atoms with Crippen molar-refractivity contribution in [2.24, 2.45) is 0 Å². The van der Waals surface area contributed by atoms with E-state index in [1.54, 1.807) is 6.07 Å². The Balaban J connectivity index is 1.87. The van der Waals surface area contributed by atoms with Crippen molar-refractivity contribution in [2.45, 2.75) is 13.1 Å². The van der Waals surface area contributed by atoms with Gasteiger partial charge in [-0.1, -0.05) is 17.7 Å². The van der Waals surface area contributed by atoms with E-state index in [9.17, 15) is 13.2 Å². The molecule has 4 nitrogen and oxygen atoms in total. The molecule has 0 amide bonds. The molecule has 0 saturated carbocycles. The number of alkyl halides is 3. The number of nitrogens with one attached hydrogen (secondary N) is 1. The Hall–Kier alpha value is -2.02. The van der Waals surface area contributed by atoms with E-state index in [0.717, 1.165) is 11.8 Å². The molecule has 0 radical (unpaired) electrons. The monoisotopic (exact) mass is 331 g/mol. The second kappa shape index (κ2) is 6.83. The predicted octanol–water partition coefficient (Wildman–Crippen LogP) is 3.95. The minimum Gasteiger partial charge on any atom is -0.475 e. The first-order valence-electron chi connectivity index (χ1n) is 6.39. The first-order chi connectivity index (χ1) is 10.4. The van der Waals surface area contributed by atoms with Crippen LogP contribution < -0.4 is 10.1 Å². The van der Waals surface area contributed by atoms with Gasteiger partial charge in [-0.05, 0) is 25.1 Å². The lowest BCUT2D eigenvalue weighted by atomic mass is 10.3. The summed E-state index contributed by atoms with van der Waals surface area (Å²) in [6, 6.07) is 6.32. The molecule has 0 aliphatic rings. The highest BCUT2D eigenvalue weighted by Crippen LogP contribution is 2.32. The zero-order valence-electron chi connectivity index (χ0n) is 11.6. The molecule has 0 spiro atoms. The van der Waals surface area contributed by atoms with Crippen LogP contribution in [0.25, 0.3) is 0 Å². The fourth-order valence-electron chi connectivity index (χ4n) is 1.65. The minimum atomic E-state index is -4.48. The average Bonchev–Trinajstić information content (AvgIpc) is 2.44. The summed E-state index contributed by atoms with van der Waals surface area (Å²) in [5.41, 5.74) is -0.0368. The number of nitrogens with zero attached hydrogens (tertiary/aromatic N) is 2.